The molecule has 26 heavy (non-hydrogen) atoms. The van der Waals surface area contributed by atoms with Crippen molar-refractivity contribution in [3.8, 4) is 0 Å². The first-order valence-electron chi connectivity index (χ1n) is 8.86. The molecule has 2 fully saturated rings. The second-order valence-electron chi connectivity index (χ2n) is 7.86. The lowest BCUT2D eigenvalue weighted by atomic mass is 9.82. The molecule has 0 saturated carbocycles. The van der Waals surface area contributed by atoms with Gasteiger partial charge < -0.3 is 14.2 Å². The van der Waals surface area contributed by atoms with Crippen molar-refractivity contribution in [1.29, 1.82) is 0 Å². The van der Waals surface area contributed by atoms with Crippen molar-refractivity contribution in [2.45, 2.75) is 58.0 Å². The molecule has 0 aromatic rings. The third-order valence-corrected chi connectivity index (χ3v) is 6.19. The Hall–Kier alpha value is -2.21. The normalized spacial score (nSPS) is 41.3. The molecular formula is C20H22O6. The summed E-state index contributed by atoms with van der Waals surface area (Å²) in [5.41, 5.74) is 1.72. The minimum atomic E-state index is -0.949. The number of allylic oxidation sites excluding steroid dienone is 1. The highest BCUT2D eigenvalue weighted by atomic mass is 16.7. The van der Waals surface area contributed by atoms with Gasteiger partial charge in [0.1, 0.15) is 12.2 Å². The zero-order valence-corrected chi connectivity index (χ0v) is 15.3. The summed E-state index contributed by atoms with van der Waals surface area (Å²) in [7, 11) is 0. The van der Waals surface area contributed by atoms with Gasteiger partial charge in [0.2, 0.25) is 0 Å². The van der Waals surface area contributed by atoms with E-state index in [4.69, 9.17) is 14.2 Å². The quantitative estimate of drug-likeness (QED) is 0.427. The third kappa shape index (κ3) is 2.24. The van der Waals surface area contributed by atoms with E-state index in [1.54, 1.807) is 13.0 Å². The van der Waals surface area contributed by atoms with Gasteiger partial charge in [-0.15, -0.1) is 0 Å². The van der Waals surface area contributed by atoms with Crippen LogP contribution >= 0.6 is 0 Å². The van der Waals surface area contributed by atoms with Crippen LogP contribution in [0.4, 0.5) is 0 Å². The number of esters is 2. The van der Waals surface area contributed by atoms with Gasteiger partial charge in [0.05, 0.1) is 12.0 Å². The van der Waals surface area contributed by atoms with Crippen LogP contribution in [0.2, 0.25) is 0 Å². The number of carbonyl (C=O) groups is 3. The van der Waals surface area contributed by atoms with Crippen LogP contribution in [0.1, 0.15) is 34.1 Å². The average molecular weight is 358 g/mol. The molecule has 0 radical (unpaired) electrons. The predicted molar refractivity (Wildman–Crippen MR) is 90.9 cm³/mol. The smallest absolute Gasteiger partial charge is 0.341 e. The molecule has 138 valence electrons. The van der Waals surface area contributed by atoms with Crippen molar-refractivity contribution >= 4 is 17.7 Å². The summed E-state index contributed by atoms with van der Waals surface area (Å²) >= 11 is 0. The van der Waals surface area contributed by atoms with Crippen LogP contribution in [0.3, 0.4) is 0 Å². The minimum absolute atomic E-state index is 0.0598. The third-order valence-electron chi connectivity index (χ3n) is 6.19. The summed E-state index contributed by atoms with van der Waals surface area (Å²) in [6, 6.07) is 0. The summed E-state index contributed by atoms with van der Waals surface area (Å²) in [6.45, 7) is 11.1. The monoisotopic (exact) mass is 358 g/mol. The van der Waals surface area contributed by atoms with Gasteiger partial charge in [0, 0.05) is 23.5 Å². The van der Waals surface area contributed by atoms with Gasteiger partial charge in [-0.3, -0.25) is 4.79 Å². The molecule has 0 aromatic carbocycles. The Morgan fingerprint density at radius 2 is 2.00 bits per heavy atom. The second kappa shape index (κ2) is 5.39. The molecule has 0 aromatic heterocycles. The van der Waals surface area contributed by atoms with Crippen LogP contribution in [-0.2, 0) is 28.6 Å². The molecule has 0 amide bonds. The summed E-state index contributed by atoms with van der Waals surface area (Å²) in [6.07, 6.45) is 0.576. The number of ketones is 1. The second-order valence-corrected chi connectivity index (χ2v) is 7.86. The summed E-state index contributed by atoms with van der Waals surface area (Å²) in [5.74, 6) is -1.78. The maximum Gasteiger partial charge on any atom is 0.341 e. The van der Waals surface area contributed by atoms with Gasteiger partial charge in [0.15, 0.2) is 11.4 Å². The van der Waals surface area contributed by atoms with Crippen molar-refractivity contribution in [2.24, 2.45) is 11.8 Å². The zero-order valence-electron chi connectivity index (χ0n) is 15.3. The van der Waals surface area contributed by atoms with E-state index < -0.39 is 35.7 Å². The molecule has 2 saturated heterocycles. The van der Waals surface area contributed by atoms with Crippen molar-refractivity contribution in [2.75, 3.05) is 0 Å². The molecule has 2 aliphatic carbocycles. The largest absolute Gasteiger partial charge is 0.459 e. The fourth-order valence-corrected chi connectivity index (χ4v) is 4.43. The van der Waals surface area contributed by atoms with E-state index in [9.17, 15) is 14.4 Å². The Morgan fingerprint density at radius 3 is 2.62 bits per heavy atom. The first kappa shape index (κ1) is 17.2. The molecule has 6 atom stereocenters. The standard InChI is InChI=1S/C20H22O6/c1-8-6-12(21)14-9(2)7-13(24-19(23)20(5)11(4)26-20)16-10(3)18(22)25-17(16)15(8)14/h6,11,13,15-17H,3,7H2,1-2,4-5H3/t11-,13-,15+,16-,17-,20-/m0/s1. The molecule has 6 nitrogen and oxygen atoms in total. The van der Waals surface area contributed by atoms with Gasteiger partial charge in [-0.05, 0) is 33.8 Å². The molecule has 0 N–H and O–H groups in total. The Morgan fingerprint density at radius 1 is 1.35 bits per heavy atom. The number of fused-ring (bicyclic) bond motifs is 3. The van der Waals surface area contributed by atoms with Gasteiger partial charge in [-0.2, -0.15) is 0 Å². The number of rotatable bonds is 2. The number of epoxide rings is 1. The van der Waals surface area contributed by atoms with Gasteiger partial charge in [0.25, 0.3) is 0 Å². The van der Waals surface area contributed by atoms with Crippen molar-refractivity contribution < 1.29 is 28.6 Å². The van der Waals surface area contributed by atoms with Crippen molar-refractivity contribution in [1.82, 2.24) is 0 Å². The molecule has 2 heterocycles. The zero-order chi connectivity index (χ0) is 19.0. The number of ether oxygens (including phenoxy) is 3. The first-order chi connectivity index (χ1) is 12.1. The van der Waals surface area contributed by atoms with Crippen LogP contribution < -0.4 is 0 Å². The van der Waals surface area contributed by atoms with Crippen LogP contribution in [0, 0.1) is 11.8 Å². The Bertz CT molecular complexity index is 818. The van der Waals surface area contributed by atoms with Crippen LogP contribution in [-0.4, -0.2) is 41.6 Å². The fraction of sp³-hybridized carbons (Fsp3) is 0.550. The van der Waals surface area contributed by atoms with Gasteiger partial charge in [-0.25, -0.2) is 9.59 Å². The van der Waals surface area contributed by atoms with Crippen molar-refractivity contribution in [3.63, 3.8) is 0 Å². The molecule has 4 rings (SSSR count). The summed E-state index contributed by atoms with van der Waals surface area (Å²) in [4.78, 5) is 37.2. The van der Waals surface area contributed by atoms with E-state index in [1.165, 1.54) is 0 Å². The van der Waals surface area contributed by atoms with Crippen LogP contribution in [0.5, 0.6) is 0 Å². The maximum absolute atomic E-state index is 12.6. The number of hydrogen-bond acceptors (Lipinski definition) is 6. The van der Waals surface area contributed by atoms with Gasteiger partial charge >= 0.3 is 11.9 Å². The molecule has 2 aliphatic heterocycles. The maximum atomic E-state index is 12.6. The number of hydrogen-bond donors (Lipinski definition) is 0. The predicted octanol–water partition coefficient (Wildman–Crippen LogP) is 2.04. The van der Waals surface area contributed by atoms with E-state index in [-0.39, 0.29) is 17.8 Å². The van der Waals surface area contributed by atoms with Gasteiger partial charge in [-0.1, -0.05) is 17.7 Å². The highest BCUT2D eigenvalue weighted by molar-refractivity contribution is 6.09. The lowest BCUT2D eigenvalue weighted by Gasteiger charge is -2.28. The van der Waals surface area contributed by atoms with E-state index >= 15 is 0 Å². The Balaban J connectivity index is 1.72. The first-order valence-corrected chi connectivity index (χ1v) is 8.86. The topological polar surface area (TPSA) is 82.2 Å². The lowest BCUT2D eigenvalue weighted by molar-refractivity contribution is -0.158. The molecule has 4 aliphatic rings. The Kier molecular flexibility index (Phi) is 3.57. The highest BCUT2D eigenvalue weighted by Gasteiger charge is 2.59. The molecule has 6 heteroatoms. The SMILES string of the molecule is C=C1C(=O)O[C@H]2[C@@H]3C(C)=CC(=O)C3=C(C)C[C@H](OC(=O)[C@@]3(C)O[C@H]3C)[C@H]12. The molecular weight excluding hydrogens is 336 g/mol. The average Bonchev–Trinajstić information content (AvgIpc) is 2.95. The summed E-state index contributed by atoms with van der Waals surface area (Å²) < 4.78 is 16.7. The molecule has 0 unspecified atom stereocenters. The van der Waals surface area contributed by atoms with E-state index in [0.29, 0.717) is 17.6 Å². The lowest BCUT2D eigenvalue weighted by Crippen LogP contribution is -2.38. The van der Waals surface area contributed by atoms with Crippen LogP contribution in [0.25, 0.3) is 0 Å². The van der Waals surface area contributed by atoms with Crippen LogP contribution in [0.15, 0.2) is 34.9 Å². The molecule has 0 bridgehead atoms. The fourth-order valence-electron chi connectivity index (χ4n) is 4.43. The molecule has 0 spiro atoms. The van der Waals surface area contributed by atoms with E-state index in [1.807, 2.05) is 20.8 Å². The Labute approximate surface area is 151 Å². The number of carbonyl (C=O) groups excluding carboxylic acids is 3. The van der Waals surface area contributed by atoms with E-state index in [2.05, 4.69) is 6.58 Å². The highest BCUT2D eigenvalue weighted by Crippen LogP contribution is 2.49. The summed E-state index contributed by atoms with van der Waals surface area (Å²) in [5, 5.41) is 0. The van der Waals surface area contributed by atoms with Crippen molar-refractivity contribution in [3.05, 3.63) is 34.9 Å². The van der Waals surface area contributed by atoms with E-state index in [0.717, 1.165) is 11.1 Å². The minimum Gasteiger partial charge on any atom is -0.459 e.